The van der Waals surface area contributed by atoms with Crippen LogP contribution in [0.3, 0.4) is 0 Å². The number of hydrogen-bond donors (Lipinski definition) is 1. The fourth-order valence-corrected chi connectivity index (χ4v) is 0.806. The molecule has 1 N–H and O–H groups in total. The Labute approximate surface area is 76.4 Å². The molecule has 4 nitrogen and oxygen atoms in total. The lowest BCUT2D eigenvalue weighted by Gasteiger charge is -2.05. The van der Waals surface area contributed by atoms with E-state index in [2.05, 4.69) is 0 Å². The highest BCUT2D eigenvalue weighted by Gasteiger charge is 2.22. The average molecular weight is 192 g/mol. The molecule has 0 bridgehead atoms. The van der Waals surface area contributed by atoms with Crippen LogP contribution in [0.25, 0.3) is 0 Å². The molecule has 0 radical (unpaired) electrons. The third-order valence-electron chi connectivity index (χ3n) is 1.28. The van der Waals surface area contributed by atoms with Gasteiger partial charge in [0.05, 0.1) is 19.8 Å². The van der Waals surface area contributed by atoms with Crippen molar-refractivity contribution in [2.45, 2.75) is 6.10 Å². The van der Waals surface area contributed by atoms with Gasteiger partial charge in [0.15, 0.2) is 5.05 Å². The molecule has 1 fully saturated rings. The molecular weight excluding hydrogens is 180 g/mol. The first-order chi connectivity index (χ1) is 5.83. The van der Waals surface area contributed by atoms with E-state index in [0.717, 1.165) is 6.61 Å². The van der Waals surface area contributed by atoms with Crippen molar-refractivity contribution in [3.05, 3.63) is 0 Å². The van der Waals surface area contributed by atoms with Gasteiger partial charge in [-0.1, -0.05) is 0 Å². The molecule has 1 heterocycles. The zero-order valence-corrected chi connectivity index (χ0v) is 7.51. The quantitative estimate of drug-likeness (QED) is 0.464. The van der Waals surface area contributed by atoms with Gasteiger partial charge in [0, 0.05) is 0 Å². The van der Waals surface area contributed by atoms with Crippen LogP contribution in [0.15, 0.2) is 0 Å². The highest BCUT2D eigenvalue weighted by atomic mass is 32.1. The molecule has 12 heavy (non-hydrogen) atoms. The van der Waals surface area contributed by atoms with E-state index < -0.39 is 0 Å². The van der Waals surface area contributed by atoms with Crippen LogP contribution in [-0.2, 0) is 14.2 Å². The standard InChI is InChI=1S/C7H12O4S/c8-1-2-10-7(12)5-9-3-6-4-11-6/h6,8H,1-5H2. The van der Waals surface area contributed by atoms with E-state index in [4.69, 9.17) is 31.5 Å². The van der Waals surface area contributed by atoms with Crippen LogP contribution in [0.4, 0.5) is 0 Å². The average Bonchev–Trinajstić information content (AvgIpc) is 2.84. The van der Waals surface area contributed by atoms with Gasteiger partial charge in [-0.2, -0.15) is 0 Å². The molecule has 1 saturated heterocycles. The van der Waals surface area contributed by atoms with Crippen molar-refractivity contribution in [3.63, 3.8) is 0 Å². The normalized spacial score (nSPS) is 20.6. The van der Waals surface area contributed by atoms with Gasteiger partial charge in [-0.25, -0.2) is 0 Å². The van der Waals surface area contributed by atoms with Crippen molar-refractivity contribution in [3.8, 4) is 0 Å². The minimum absolute atomic E-state index is 0.0219. The van der Waals surface area contributed by atoms with Crippen molar-refractivity contribution in [1.29, 1.82) is 0 Å². The molecule has 5 heteroatoms. The van der Waals surface area contributed by atoms with Crippen LogP contribution < -0.4 is 0 Å². The number of epoxide rings is 1. The fourth-order valence-electron chi connectivity index (χ4n) is 0.639. The molecule has 1 rings (SSSR count). The van der Waals surface area contributed by atoms with Crippen LogP contribution in [0.1, 0.15) is 0 Å². The molecule has 1 atom stereocenters. The Morgan fingerprint density at radius 3 is 3.00 bits per heavy atom. The Morgan fingerprint density at radius 2 is 2.42 bits per heavy atom. The van der Waals surface area contributed by atoms with E-state index in [0.29, 0.717) is 18.3 Å². The number of ether oxygens (including phenoxy) is 3. The maximum Gasteiger partial charge on any atom is 0.185 e. The summed E-state index contributed by atoms with van der Waals surface area (Å²) in [6.45, 7) is 1.87. The van der Waals surface area contributed by atoms with Gasteiger partial charge in [-0.15, -0.1) is 0 Å². The van der Waals surface area contributed by atoms with Crippen molar-refractivity contribution in [1.82, 2.24) is 0 Å². The molecule has 0 aromatic rings. The molecule has 1 aliphatic rings. The summed E-state index contributed by atoms with van der Waals surface area (Å²) in [5.41, 5.74) is 0. The van der Waals surface area contributed by atoms with Gasteiger partial charge in [0.2, 0.25) is 0 Å². The van der Waals surface area contributed by atoms with Crippen LogP contribution in [0.5, 0.6) is 0 Å². The van der Waals surface area contributed by atoms with Gasteiger partial charge in [0.25, 0.3) is 0 Å². The summed E-state index contributed by atoms with van der Waals surface area (Å²) < 4.78 is 15.0. The smallest absolute Gasteiger partial charge is 0.185 e. The molecule has 0 amide bonds. The number of aliphatic hydroxyl groups is 1. The second-order valence-electron chi connectivity index (χ2n) is 2.41. The summed E-state index contributed by atoms with van der Waals surface area (Å²) in [5.74, 6) is 0. The lowest BCUT2D eigenvalue weighted by atomic mass is 10.5. The van der Waals surface area contributed by atoms with E-state index in [1.165, 1.54) is 0 Å². The molecule has 0 aromatic heterocycles. The monoisotopic (exact) mass is 192 g/mol. The van der Waals surface area contributed by atoms with Gasteiger partial charge in [0.1, 0.15) is 19.3 Å². The highest BCUT2D eigenvalue weighted by molar-refractivity contribution is 7.80. The zero-order chi connectivity index (χ0) is 8.81. The van der Waals surface area contributed by atoms with Crippen molar-refractivity contribution < 1.29 is 19.3 Å². The third kappa shape index (κ3) is 4.61. The van der Waals surface area contributed by atoms with Crippen LogP contribution in [0, 0.1) is 0 Å². The van der Waals surface area contributed by atoms with Crippen molar-refractivity contribution in [2.24, 2.45) is 0 Å². The number of hydrogen-bond acceptors (Lipinski definition) is 5. The highest BCUT2D eigenvalue weighted by Crippen LogP contribution is 2.08. The molecule has 1 unspecified atom stereocenters. The summed E-state index contributed by atoms with van der Waals surface area (Å²) >= 11 is 4.79. The Hall–Kier alpha value is -0.230. The minimum atomic E-state index is -0.0219. The Bertz CT molecular complexity index is 146. The van der Waals surface area contributed by atoms with E-state index in [1.807, 2.05) is 0 Å². The van der Waals surface area contributed by atoms with E-state index in [9.17, 15) is 0 Å². The molecule has 70 valence electrons. The lowest BCUT2D eigenvalue weighted by molar-refractivity contribution is 0.127. The van der Waals surface area contributed by atoms with Crippen LogP contribution >= 0.6 is 12.2 Å². The molecule has 0 aliphatic carbocycles. The maximum atomic E-state index is 8.39. The molecule has 1 aliphatic heterocycles. The first-order valence-electron chi connectivity index (χ1n) is 3.78. The van der Waals surface area contributed by atoms with E-state index in [-0.39, 0.29) is 19.3 Å². The predicted molar refractivity (Wildman–Crippen MR) is 46.2 cm³/mol. The van der Waals surface area contributed by atoms with E-state index in [1.54, 1.807) is 0 Å². The third-order valence-corrected chi connectivity index (χ3v) is 1.52. The van der Waals surface area contributed by atoms with Gasteiger partial charge in [-0.05, 0) is 12.2 Å². The number of aliphatic hydroxyl groups excluding tert-OH is 1. The number of rotatable bonds is 6. The van der Waals surface area contributed by atoms with Gasteiger partial charge >= 0.3 is 0 Å². The van der Waals surface area contributed by atoms with Crippen LogP contribution in [-0.4, -0.2) is 49.3 Å². The molecule has 0 spiro atoms. The van der Waals surface area contributed by atoms with Gasteiger partial charge in [-0.3, -0.25) is 0 Å². The van der Waals surface area contributed by atoms with Crippen molar-refractivity contribution in [2.75, 3.05) is 33.0 Å². The van der Waals surface area contributed by atoms with E-state index >= 15 is 0 Å². The first-order valence-corrected chi connectivity index (χ1v) is 4.19. The topological polar surface area (TPSA) is 51.2 Å². The summed E-state index contributed by atoms with van der Waals surface area (Å²) in [5, 5.41) is 8.77. The second kappa shape index (κ2) is 5.42. The summed E-state index contributed by atoms with van der Waals surface area (Å²) in [6, 6.07) is 0. The summed E-state index contributed by atoms with van der Waals surface area (Å²) in [4.78, 5) is 0. The van der Waals surface area contributed by atoms with Gasteiger partial charge < -0.3 is 19.3 Å². The maximum absolute atomic E-state index is 8.39. The first kappa shape index (κ1) is 9.85. The van der Waals surface area contributed by atoms with Crippen molar-refractivity contribution >= 4 is 17.3 Å². The lowest BCUT2D eigenvalue weighted by Crippen LogP contribution is -2.14. The summed E-state index contributed by atoms with van der Waals surface area (Å²) in [7, 11) is 0. The Morgan fingerprint density at radius 1 is 1.67 bits per heavy atom. The molecule has 0 saturated carbocycles. The summed E-state index contributed by atoms with van der Waals surface area (Å²) in [6.07, 6.45) is 0.255. The largest absolute Gasteiger partial charge is 0.482 e. The SMILES string of the molecule is OCCOC(=S)COCC1CO1. The van der Waals surface area contributed by atoms with Crippen LogP contribution in [0.2, 0.25) is 0 Å². The zero-order valence-electron chi connectivity index (χ0n) is 6.69. The molecular formula is C7H12O4S. The predicted octanol–water partition coefficient (Wildman–Crippen LogP) is -0.262. The number of thiocarbonyl (C=S) groups is 1. The minimum Gasteiger partial charge on any atom is -0.482 e. The Kier molecular flexibility index (Phi) is 4.45. The fraction of sp³-hybridized carbons (Fsp3) is 0.857. The molecule has 0 aromatic carbocycles. The Balaban J connectivity index is 1.86. The second-order valence-corrected chi connectivity index (χ2v) is 2.87.